The second kappa shape index (κ2) is 9.84. The second-order valence-electron chi connectivity index (χ2n) is 6.15. The molecule has 8 heteroatoms. The molecule has 0 N–H and O–H groups in total. The van der Waals surface area contributed by atoms with Crippen molar-refractivity contribution >= 4 is 17.5 Å². The van der Waals surface area contributed by atoms with Crippen LogP contribution in [0.3, 0.4) is 0 Å². The molecule has 0 spiro atoms. The molecule has 0 saturated carbocycles. The van der Waals surface area contributed by atoms with Crippen LogP contribution >= 0.6 is 11.6 Å². The number of rotatable bonds is 9. The summed E-state index contributed by atoms with van der Waals surface area (Å²) in [6.45, 7) is 0.872. The Balaban J connectivity index is 1.50. The number of likely N-dealkylation sites (N-methyl/N-ethyl adjacent to an activating group) is 1. The minimum Gasteiger partial charge on any atom is -0.497 e. The number of amides is 1. The summed E-state index contributed by atoms with van der Waals surface area (Å²) < 4.78 is 21.5. The Kier molecular flexibility index (Phi) is 6.97. The number of nitrogens with zero attached hydrogens (tertiary/aromatic N) is 2. The van der Waals surface area contributed by atoms with Crippen molar-refractivity contribution < 1.29 is 23.5 Å². The van der Waals surface area contributed by atoms with Crippen LogP contribution < -0.4 is 14.2 Å². The van der Waals surface area contributed by atoms with E-state index in [-0.39, 0.29) is 18.2 Å². The number of carbonyl (C=O) groups is 1. The lowest BCUT2D eigenvalue weighted by Gasteiger charge is -2.15. The zero-order valence-corrected chi connectivity index (χ0v) is 16.9. The third-order valence-electron chi connectivity index (χ3n) is 4.07. The van der Waals surface area contributed by atoms with Gasteiger partial charge >= 0.3 is 0 Å². The third-order valence-corrected chi connectivity index (χ3v) is 4.37. The van der Waals surface area contributed by atoms with Gasteiger partial charge in [0.1, 0.15) is 30.5 Å². The molecule has 29 heavy (non-hydrogen) atoms. The maximum atomic E-state index is 12.5. The highest BCUT2D eigenvalue weighted by atomic mass is 35.5. The molecule has 2 aromatic carbocycles. The lowest BCUT2D eigenvalue weighted by atomic mass is 10.3. The van der Waals surface area contributed by atoms with E-state index >= 15 is 0 Å². The molecule has 0 bridgehead atoms. The predicted octanol–water partition coefficient (Wildman–Crippen LogP) is 4.07. The third kappa shape index (κ3) is 5.65. The summed E-state index contributed by atoms with van der Waals surface area (Å²) >= 11 is 6.14. The normalized spacial score (nSPS) is 10.4. The molecule has 0 unspecified atom stereocenters. The van der Waals surface area contributed by atoms with Gasteiger partial charge in [-0.05, 0) is 24.3 Å². The Morgan fingerprint density at radius 1 is 1.10 bits per heavy atom. The van der Waals surface area contributed by atoms with Gasteiger partial charge in [0.25, 0.3) is 5.91 Å². The standard InChI is InChI=1S/C21H21ClN2O5/c1-24(10-11-27-15-6-4-3-5-7-15)21(25)19-13-17(29-23-19)14-28-20-9-8-16(26-2)12-18(20)22/h3-9,12-13H,10-11,14H2,1-2H3. The summed E-state index contributed by atoms with van der Waals surface area (Å²) in [5.41, 5.74) is 0.201. The minimum absolute atomic E-state index is 0.0904. The molecular formula is C21H21ClN2O5. The first-order valence-electron chi connectivity index (χ1n) is 8.92. The number of methoxy groups -OCH3 is 1. The number of aromatic nitrogens is 1. The molecule has 152 valence electrons. The molecule has 1 aromatic heterocycles. The van der Waals surface area contributed by atoms with E-state index in [1.54, 1.807) is 38.4 Å². The van der Waals surface area contributed by atoms with Crippen molar-refractivity contribution in [2.24, 2.45) is 0 Å². The van der Waals surface area contributed by atoms with Crippen molar-refractivity contribution in [3.63, 3.8) is 0 Å². The highest BCUT2D eigenvalue weighted by Gasteiger charge is 2.17. The smallest absolute Gasteiger partial charge is 0.275 e. The molecular weight excluding hydrogens is 396 g/mol. The Morgan fingerprint density at radius 3 is 2.62 bits per heavy atom. The van der Waals surface area contributed by atoms with Crippen molar-refractivity contribution in [2.75, 3.05) is 27.3 Å². The summed E-state index contributed by atoms with van der Waals surface area (Å²) in [7, 11) is 3.24. The molecule has 0 aliphatic rings. The molecule has 0 aliphatic heterocycles. The Bertz CT molecular complexity index is 945. The van der Waals surface area contributed by atoms with Crippen molar-refractivity contribution in [3.05, 3.63) is 71.1 Å². The van der Waals surface area contributed by atoms with Crippen LogP contribution in [-0.2, 0) is 6.61 Å². The van der Waals surface area contributed by atoms with Gasteiger partial charge in [-0.25, -0.2) is 0 Å². The fourth-order valence-electron chi connectivity index (χ4n) is 2.47. The van der Waals surface area contributed by atoms with Crippen molar-refractivity contribution in [3.8, 4) is 17.2 Å². The van der Waals surface area contributed by atoms with Gasteiger partial charge in [0.15, 0.2) is 11.5 Å². The van der Waals surface area contributed by atoms with Crippen LogP contribution in [-0.4, -0.2) is 43.3 Å². The highest BCUT2D eigenvalue weighted by molar-refractivity contribution is 6.32. The zero-order valence-electron chi connectivity index (χ0n) is 16.1. The summed E-state index contributed by atoms with van der Waals surface area (Å²) in [6.07, 6.45) is 0. The van der Waals surface area contributed by atoms with Crippen LogP contribution in [0.4, 0.5) is 0 Å². The Hall–Kier alpha value is -3.19. The molecule has 0 radical (unpaired) electrons. The van der Waals surface area contributed by atoms with Gasteiger partial charge in [-0.2, -0.15) is 0 Å². The molecule has 0 atom stereocenters. The van der Waals surface area contributed by atoms with Gasteiger partial charge in [0, 0.05) is 19.2 Å². The number of para-hydroxylation sites is 1. The summed E-state index contributed by atoms with van der Waals surface area (Å²) in [6, 6.07) is 16.1. The molecule has 1 amide bonds. The number of hydrogen-bond donors (Lipinski definition) is 0. The van der Waals surface area contributed by atoms with E-state index in [9.17, 15) is 4.79 Å². The lowest BCUT2D eigenvalue weighted by Crippen LogP contribution is -2.31. The van der Waals surface area contributed by atoms with E-state index in [0.29, 0.717) is 35.4 Å². The minimum atomic E-state index is -0.265. The van der Waals surface area contributed by atoms with Gasteiger partial charge in [-0.1, -0.05) is 35.0 Å². The van der Waals surface area contributed by atoms with Gasteiger partial charge in [-0.15, -0.1) is 0 Å². The molecule has 0 aliphatic carbocycles. The van der Waals surface area contributed by atoms with Crippen LogP contribution in [0.2, 0.25) is 5.02 Å². The van der Waals surface area contributed by atoms with E-state index < -0.39 is 0 Å². The van der Waals surface area contributed by atoms with E-state index in [4.69, 9.17) is 30.3 Å². The van der Waals surface area contributed by atoms with Crippen molar-refractivity contribution in [2.45, 2.75) is 6.61 Å². The second-order valence-corrected chi connectivity index (χ2v) is 6.56. The van der Waals surface area contributed by atoms with E-state index in [2.05, 4.69) is 5.16 Å². The number of carbonyl (C=O) groups excluding carboxylic acids is 1. The highest BCUT2D eigenvalue weighted by Crippen LogP contribution is 2.29. The molecule has 0 fully saturated rings. The fourth-order valence-corrected chi connectivity index (χ4v) is 2.70. The van der Waals surface area contributed by atoms with Gasteiger partial charge < -0.3 is 23.6 Å². The summed E-state index contributed by atoms with van der Waals surface area (Å²) in [5, 5.41) is 4.24. The number of halogens is 1. The monoisotopic (exact) mass is 416 g/mol. The maximum Gasteiger partial charge on any atom is 0.275 e. The Labute approximate surface area is 173 Å². The van der Waals surface area contributed by atoms with Crippen LogP contribution in [0, 0.1) is 0 Å². The van der Waals surface area contributed by atoms with Crippen LogP contribution in [0.25, 0.3) is 0 Å². The largest absolute Gasteiger partial charge is 0.497 e. The quantitative estimate of drug-likeness (QED) is 0.523. The van der Waals surface area contributed by atoms with Gasteiger partial charge in [0.2, 0.25) is 0 Å². The topological polar surface area (TPSA) is 74.0 Å². The SMILES string of the molecule is COc1ccc(OCc2cc(C(=O)N(C)CCOc3ccccc3)no2)c(Cl)c1. The molecule has 1 heterocycles. The molecule has 0 saturated heterocycles. The first kappa shape index (κ1) is 20.5. The summed E-state index contributed by atoms with van der Waals surface area (Å²) in [4.78, 5) is 14.0. The lowest BCUT2D eigenvalue weighted by molar-refractivity contribution is 0.0763. The first-order valence-corrected chi connectivity index (χ1v) is 9.30. The van der Waals surface area contributed by atoms with Crippen molar-refractivity contribution in [1.82, 2.24) is 10.1 Å². The zero-order chi connectivity index (χ0) is 20.6. The predicted molar refractivity (Wildman–Crippen MR) is 108 cm³/mol. The first-order chi connectivity index (χ1) is 14.1. The molecule has 3 aromatic rings. The average molecular weight is 417 g/mol. The van der Waals surface area contributed by atoms with E-state index in [0.717, 1.165) is 5.75 Å². The molecule has 7 nitrogen and oxygen atoms in total. The number of benzene rings is 2. The van der Waals surface area contributed by atoms with Gasteiger partial charge in [-0.3, -0.25) is 4.79 Å². The average Bonchev–Trinajstić information content (AvgIpc) is 3.22. The Morgan fingerprint density at radius 2 is 1.90 bits per heavy atom. The fraction of sp³-hybridized carbons (Fsp3) is 0.238. The molecule has 3 rings (SSSR count). The van der Waals surface area contributed by atoms with E-state index in [1.807, 2.05) is 30.3 Å². The van der Waals surface area contributed by atoms with Crippen LogP contribution in [0.15, 0.2) is 59.1 Å². The number of ether oxygens (including phenoxy) is 3. The summed E-state index contributed by atoms with van der Waals surface area (Å²) in [5.74, 6) is 2.01. The van der Waals surface area contributed by atoms with E-state index in [1.165, 1.54) is 4.90 Å². The van der Waals surface area contributed by atoms with Gasteiger partial charge in [0.05, 0.1) is 18.7 Å². The van der Waals surface area contributed by atoms with Crippen LogP contribution in [0.5, 0.6) is 17.2 Å². The van der Waals surface area contributed by atoms with Crippen LogP contribution in [0.1, 0.15) is 16.2 Å². The maximum absolute atomic E-state index is 12.5. The number of hydrogen-bond acceptors (Lipinski definition) is 6. The van der Waals surface area contributed by atoms with Crippen molar-refractivity contribution in [1.29, 1.82) is 0 Å².